The molecule has 0 atom stereocenters. The Morgan fingerprint density at radius 2 is 1.95 bits per heavy atom. The minimum absolute atomic E-state index is 0.166. The van der Waals surface area contributed by atoms with E-state index in [0.29, 0.717) is 12.1 Å². The average molecular weight is 298 g/mol. The second kappa shape index (κ2) is 6.66. The van der Waals surface area contributed by atoms with E-state index in [2.05, 4.69) is 4.90 Å². The average Bonchev–Trinajstić information content (AvgIpc) is 2.61. The number of carbonyl (C=O) groups excluding carboxylic acids is 1. The van der Waals surface area contributed by atoms with E-state index in [9.17, 15) is 4.79 Å². The number of Topliss-reactive ketones (excluding diaryl/α,β-unsaturated/α-hetero) is 1. The fourth-order valence-electron chi connectivity index (χ4n) is 2.46. The van der Waals surface area contributed by atoms with Gasteiger partial charge in [0.2, 0.25) is 0 Å². The number of nitrogen functional groups attached to an aromatic ring is 1. The van der Waals surface area contributed by atoms with E-state index in [1.807, 2.05) is 13.2 Å². The molecule has 0 aromatic carbocycles. The van der Waals surface area contributed by atoms with E-state index in [4.69, 9.17) is 5.73 Å². The number of nitrogens with two attached hydrogens (primary N) is 1. The third kappa shape index (κ3) is 3.08. The van der Waals surface area contributed by atoms with Crippen molar-refractivity contribution in [3.05, 3.63) is 4.88 Å². The molecule has 1 saturated heterocycles. The van der Waals surface area contributed by atoms with Crippen LogP contribution in [0.25, 0.3) is 0 Å². The van der Waals surface area contributed by atoms with Crippen LogP contribution in [0, 0.1) is 0 Å². The van der Waals surface area contributed by atoms with Gasteiger partial charge in [-0.2, -0.15) is 0 Å². The second-order valence-corrected chi connectivity index (χ2v) is 6.68. The SMILES string of the molecule is CCC(=O)c1sc(N2CCCCCC2)c(SC)c1N. The van der Waals surface area contributed by atoms with Gasteiger partial charge in [-0.1, -0.05) is 19.8 Å². The van der Waals surface area contributed by atoms with Gasteiger partial charge in [-0.25, -0.2) is 0 Å². The van der Waals surface area contributed by atoms with Crippen molar-refractivity contribution in [2.75, 3.05) is 30.0 Å². The number of thioether (sulfide) groups is 1. The van der Waals surface area contributed by atoms with Crippen LogP contribution in [0.15, 0.2) is 4.90 Å². The summed E-state index contributed by atoms with van der Waals surface area (Å²) < 4.78 is 0. The summed E-state index contributed by atoms with van der Waals surface area (Å²) in [6, 6.07) is 0. The maximum atomic E-state index is 12.0. The van der Waals surface area contributed by atoms with Crippen LogP contribution in [0.5, 0.6) is 0 Å². The fourth-order valence-corrected chi connectivity index (χ4v) is 4.71. The van der Waals surface area contributed by atoms with E-state index in [0.717, 1.165) is 22.9 Å². The van der Waals surface area contributed by atoms with Crippen LogP contribution < -0.4 is 10.6 Å². The number of anilines is 2. The Morgan fingerprint density at radius 3 is 2.47 bits per heavy atom. The molecule has 2 heterocycles. The topological polar surface area (TPSA) is 46.3 Å². The van der Waals surface area contributed by atoms with E-state index in [-0.39, 0.29) is 5.78 Å². The highest BCUT2D eigenvalue weighted by Crippen LogP contribution is 2.44. The smallest absolute Gasteiger partial charge is 0.174 e. The molecule has 106 valence electrons. The van der Waals surface area contributed by atoms with Gasteiger partial charge in [-0.3, -0.25) is 4.79 Å². The number of nitrogens with zero attached hydrogens (tertiary/aromatic N) is 1. The molecule has 5 heteroatoms. The van der Waals surface area contributed by atoms with Gasteiger partial charge >= 0.3 is 0 Å². The number of rotatable bonds is 4. The number of hydrogen-bond acceptors (Lipinski definition) is 5. The Labute approximate surface area is 123 Å². The largest absolute Gasteiger partial charge is 0.396 e. The number of thiophene rings is 1. The normalized spacial score (nSPS) is 16.4. The third-order valence-electron chi connectivity index (χ3n) is 3.55. The highest BCUT2D eigenvalue weighted by molar-refractivity contribution is 7.99. The summed E-state index contributed by atoms with van der Waals surface area (Å²) in [5.41, 5.74) is 6.88. The Hall–Kier alpha value is -0.680. The molecule has 0 saturated carbocycles. The van der Waals surface area contributed by atoms with E-state index >= 15 is 0 Å². The Balaban J connectivity index is 2.35. The third-order valence-corrected chi connectivity index (χ3v) is 5.81. The van der Waals surface area contributed by atoms with Gasteiger partial charge in [0.15, 0.2) is 5.78 Å². The van der Waals surface area contributed by atoms with E-state index < -0.39 is 0 Å². The van der Waals surface area contributed by atoms with Gasteiger partial charge in [0.25, 0.3) is 0 Å². The van der Waals surface area contributed by atoms with Crippen LogP contribution in [0.4, 0.5) is 10.7 Å². The highest BCUT2D eigenvalue weighted by Gasteiger charge is 2.23. The van der Waals surface area contributed by atoms with Crippen molar-refractivity contribution < 1.29 is 4.79 Å². The lowest BCUT2D eigenvalue weighted by Gasteiger charge is -2.21. The molecule has 0 unspecified atom stereocenters. The molecule has 3 nitrogen and oxygen atoms in total. The van der Waals surface area contributed by atoms with Crippen LogP contribution in [0.1, 0.15) is 48.7 Å². The molecular weight excluding hydrogens is 276 g/mol. The molecule has 1 aliphatic heterocycles. The Kier molecular flexibility index (Phi) is 5.16. The van der Waals surface area contributed by atoms with Crippen LogP contribution in [0.2, 0.25) is 0 Å². The summed E-state index contributed by atoms with van der Waals surface area (Å²) in [4.78, 5) is 16.2. The Morgan fingerprint density at radius 1 is 1.32 bits per heavy atom. The van der Waals surface area contributed by atoms with Gasteiger partial charge in [-0.15, -0.1) is 23.1 Å². The van der Waals surface area contributed by atoms with Crippen LogP contribution in [-0.2, 0) is 0 Å². The van der Waals surface area contributed by atoms with Gasteiger partial charge in [-0.05, 0) is 19.1 Å². The van der Waals surface area contributed by atoms with E-state index in [1.54, 1.807) is 23.1 Å². The summed E-state index contributed by atoms with van der Waals surface area (Å²) in [5.74, 6) is 0.166. The molecule has 1 fully saturated rings. The summed E-state index contributed by atoms with van der Waals surface area (Å²) in [6.45, 7) is 4.08. The minimum Gasteiger partial charge on any atom is -0.396 e. The van der Waals surface area contributed by atoms with Gasteiger partial charge < -0.3 is 10.6 Å². The summed E-state index contributed by atoms with van der Waals surface area (Å²) in [7, 11) is 0. The molecule has 0 radical (unpaired) electrons. The van der Waals surface area contributed by atoms with Crippen molar-refractivity contribution in [1.29, 1.82) is 0 Å². The molecular formula is C14H22N2OS2. The van der Waals surface area contributed by atoms with Crippen molar-refractivity contribution in [3.63, 3.8) is 0 Å². The number of hydrogen-bond donors (Lipinski definition) is 1. The molecule has 19 heavy (non-hydrogen) atoms. The quantitative estimate of drug-likeness (QED) is 0.673. The highest BCUT2D eigenvalue weighted by atomic mass is 32.2. The van der Waals surface area contributed by atoms with Gasteiger partial charge in [0, 0.05) is 19.5 Å². The molecule has 1 aromatic heterocycles. The van der Waals surface area contributed by atoms with Crippen LogP contribution in [0.3, 0.4) is 0 Å². The first-order chi connectivity index (χ1) is 9.19. The zero-order chi connectivity index (χ0) is 13.8. The van der Waals surface area contributed by atoms with E-state index in [1.165, 1.54) is 30.7 Å². The van der Waals surface area contributed by atoms with Crippen molar-refractivity contribution in [2.45, 2.75) is 43.9 Å². The molecule has 2 rings (SSSR count). The molecule has 0 spiro atoms. The molecule has 0 aliphatic carbocycles. The molecule has 1 aromatic rings. The van der Waals surface area contributed by atoms with Crippen LogP contribution >= 0.6 is 23.1 Å². The lowest BCUT2D eigenvalue weighted by atomic mass is 10.2. The monoisotopic (exact) mass is 298 g/mol. The second-order valence-electron chi connectivity index (χ2n) is 4.86. The number of carbonyl (C=O) groups is 1. The van der Waals surface area contributed by atoms with Crippen molar-refractivity contribution in [1.82, 2.24) is 0 Å². The predicted octanol–water partition coefficient (Wildman–Crippen LogP) is 4.03. The maximum Gasteiger partial charge on any atom is 0.174 e. The number of ketones is 1. The standard InChI is InChI=1S/C14H22N2OS2/c1-3-10(17)12-11(15)13(18-2)14(19-12)16-8-6-4-5-7-9-16/h3-9,15H2,1-2H3. The first kappa shape index (κ1) is 14.7. The van der Waals surface area contributed by atoms with Gasteiger partial charge in [0.05, 0.1) is 15.5 Å². The van der Waals surface area contributed by atoms with Crippen molar-refractivity contribution in [3.8, 4) is 0 Å². The van der Waals surface area contributed by atoms with Crippen molar-refractivity contribution >= 4 is 39.6 Å². The maximum absolute atomic E-state index is 12.0. The lowest BCUT2D eigenvalue weighted by Crippen LogP contribution is -2.23. The fraction of sp³-hybridized carbons (Fsp3) is 0.643. The summed E-state index contributed by atoms with van der Waals surface area (Å²) in [6.07, 6.45) is 7.67. The van der Waals surface area contributed by atoms with Gasteiger partial charge in [0.1, 0.15) is 5.00 Å². The zero-order valence-corrected chi connectivity index (χ0v) is 13.3. The van der Waals surface area contributed by atoms with Crippen molar-refractivity contribution in [2.24, 2.45) is 0 Å². The molecule has 1 aliphatic rings. The summed E-state index contributed by atoms with van der Waals surface area (Å²) >= 11 is 3.25. The summed E-state index contributed by atoms with van der Waals surface area (Å²) in [5, 5.41) is 1.21. The molecule has 2 N–H and O–H groups in total. The lowest BCUT2D eigenvalue weighted by molar-refractivity contribution is 0.0992. The minimum atomic E-state index is 0.166. The van der Waals surface area contributed by atoms with Crippen LogP contribution in [-0.4, -0.2) is 25.1 Å². The predicted molar refractivity (Wildman–Crippen MR) is 85.8 cm³/mol. The molecule has 0 amide bonds. The first-order valence-electron chi connectivity index (χ1n) is 6.93. The zero-order valence-electron chi connectivity index (χ0n) is 11.7. The Bertz CT molecular complexity index is 449. The first-order valence-corrected chi connectivity index (χ1v) is 8.97. The molecule has 0 bridgehead atoms.